The van der Waals surface area contributed by atoms with E-state index in [1.807, 2.05) is 0 Å². The van der Waals surface area contributed by atoms with Crippen molar-refractivity contribution >= 4 is 6.29 Å². The molecule has 4 unspecified atom stereocenters. The van der Waals surface area contributed by atoms with Gasteiger partial charge in [-0.1, -0.05) is 46.0 Å². The van der Waals surface area contributed by atoms with Crippen molar-refractivity contribution in [3.63, 3.8) is 0 Å². The molecule has 1 nitrogen and oxygen atoms in total. The van der Waals surface area contributed by atoms with Gasteiger partial charge in [-0.3, -0.25) is 0 Å². The van der Waals surface area contributed by atoms with Crippen molar-refractivity contribution in [1.29, 1.82) is 0 Å². The normalized spacial score (nSPS) is 38.6. The number of rotatable bonds is 6. The van der Waals surface area contributed by atoms with Crippen LogP contribution >= 0.6 is 0 Å². The molecule has 0 spiro atoms. The van der Waals surface area contributed by atoms with Crippen LogP contribution in [0.4, 0.5) is 0 Å². The van der Waals surface area contributed by atoms with Gasteiger partial charge in [0, 0.05) is 5.92 Å². The maximum absolute atomic E-state index is 11.1. The highest BCUT2D eigenvalue weighted by molar-refractivity contribution is 5.54. The molecule has 2 saturated carbocycles. The Labute approximate surface area is 125 Å². The van der Waals surface area contributed by atoms with E-state index in [9.17, 15) is 4.79 Å². The zero-order valence-electron chi connectivity index (χ0n) is 13.7. The van der Waals surface area contributed by atoms with E-state index in [0.29, 0.717) is 11.8 Å². The Morgan fingerprint density at radius 2 is 1.55 bits per heavy atom. The van der Waals surface area contributed by atoms with E-state index in [4.69, 9.17) is 0 Å². The molecule has 0 N–H and O–H groups in total. The highest BCUT2D eigenvalue weighted by Crippen LogP contribution is 2.36. The number of hydrogen-bond acceptors (Lipinski definition) is 1. The van der Waals surface area contributed by atoms with Gasteiger partial charge in [-0.05, 0) is 62.2 Å². The molecule has 0 aromatic heterocycles. The van der Waals surface area contributed by atoms with Gasteiger partial charge in [-0.25, -0.2) is 0 Å². The standard InChI is InChI=1S/C19H34O/c1-15-11-16(2)13-17(12-15)7-3-4-8-18-9-5-6-10-19(18)14-20/h14-19H,3-13H2,1-2H3. The van der Waals surface area contributed by atoms with Crippen LogP contribution in [0, 0.1) is 29.6 Å². The molecule has 0 heterocycles. The number of hydrogen-bond donors (Lipinski definition) is 0. The first kappa shape index (κ1) is 16.0. The summed E-state index contributed by atoms with van der Waals surface area (Å²) in [5.41, 5.74) is 0. The van der Waals surface area contributed by atoms with Crippen molar-refractivity contribution in [2.75, 3.05) is 0 Å². The summed E-state index contributed by atoms with van der Waals surface area (Å²) >= 11 is 0. The molecule has 116 valence electrons. The van der Waals surface area contributed by atoms with Crippen LogP contribution in [0.2, 0.25) is 0 Å². The lowest BCUT2D eigenvalue weighted by atomic mass is 9.74. The van der Waals surface area contributed by atoms with Crippen LogP contribution < -0.4 is 0 Å². The van der Waals surface area contributed by atoms with E-state index in [2.05, 4.69) is 13.8 Å². The van der Waals surface area contributed by atoms with Gasteiger partial charge in [0.15, 0.2) is 0 Å². The third-order valence-corrected chi connectivity index (χ3v) is 5.86. The fraction of sp³-hybridized carbons (Fsp3) is 0.947. The minimum Gasteiger partial charge on any atom is -0.303 e. The summed E-state index contributed by atoms with van der Waals surface area (Å²) in [6, 6.07) is 0. The smallest absolute Gasteiger partial charge is 0.123 e. The molecule has 0 aliphatic heterocycles. The molecule has 2 aliphatic rings. The second-order valence-corrected chi connectivity index (χ2v) is 7.91. The van der Waals surface area contributed by atoms with Gasteiger partial charge in [0.2, 0.25) is 0 Å². The third-order valence-electron chi connectivity index (χ3n) is 5.86. The second-order valence-electron chi connectivity index (χ2n) is 7.91. The number of aldehydes is 1. The van der Waals surface area contributed by atoms with Gasteiger partial charge in [-0.15, -0.1) is 0 Å². The molecular formula is C19H34O. The van der Waals surface area contributed by atoms with E-state index in [-0.39, 0.29) is 0 Å². The van der Waals surface area contributed by atoms with Crippen molar-refractivity contribution in [2.24, 2.45) is 29.6 Å². The van der Waals surface area contributed by atoms with Crippen molar-refractivity contribution in [3.8, 4) is 0 Å². The van der Waals surface area contributed by atoms with Gasteiger partial charge in [0.05, 0.1) is 0 Å². The summed E-state index contributed by atoms with van der Waals surface area (Å²) in [4.78, 5) is 11.1. The van der Waals surface area contributed by atoms with Crippen molar-refractivity contribution in [2.45, 2.75) is 84.5 Å². The van der Waals surface area contributed by atoms with Gasteiger partial charge in [0.25, 0.3) is 0 Å². The first-order chi connectivity index (χ1) is 9.69. The maximum atomic E-state index is 11.1. The molecule has 1 heteroatoms. The Morgan fingerprint density at radius 3 is 2.25 bits per heavy atom. The van der Waals surface area contributed by atoms with E-state index >= 15 is 0 Å². The zero-order valence-corrected chi connectivity index (χ0v) is 13.7. The first-order valence-corrected chi connectivity index (χ1v) is 9.14. The molecule has 4 atom stereocenters. The molecule has 20 heavy (non-hydrogen) atoms. The van der Waals surface area contributed by atoms with Crippen LogP contribution in [0.3, 0.4) is 0 Å². The Bertz CT molecular complexity index is 275. The Morgan fingerprint density at radius 1 is 0.900 bits per heavy atom. The average Bonchev–Trinajstić information content (AvgIpc) is 2.43. The minimum atomic E-state index is 0.387. The molecule has 0 bridgehead atoms. The van der Waals surface area contributed by atoms with Gasteiger partial charge < -0.3 is 4.79 Å². The molecule has 0 saturated heterocycles. The largest absolute Gasteiger partial charge is 0.303 e. The molecule has 0 aromatic rings. The summed E-state index contributed by atoms with van der Waals surface area (Å²) in [5, 5.41) is 0. The predicted molar refractivity (Wildman–Crippen MR) is 85.6 cm³/mol. The fourth-order valence-electron chi connectivity index (χ4n) is 4.96. The number of carbonyl (C=O) groups is 1. The van der Waals surface area contributed by atoms with Crippen molar-refractivity contribution < 1.29 is 4.79 Å². The quantitative estimate of drug-likeness (QED) is 0.455. The van der Waals surface area contributed by atoms with Crippen molar-refractivity contribution in [1.82, 2.24) is 0 Å². The van der Waals surface area contributed by atoms with E-state index in [1.165, 1.54) is 70.5 Å². The topological polar surface area (TPSA) is 17.1 Å². The summed E-state index contributed by atoms with van der Waals surface area (Å²) in [7, 11) is 0. The molecule has 2 fully saturated rings. The van der Waals surface area contributed by atoms with Crippen molar-refractivity contribution in [3.05, 3.63) is 0 Å². The van der Waals surface area contributed by atoms with E-state index in [0.717, 1.165) is 24.2 Å². The lowest BCUT2D eigenvalue weighted by molar-refractivity contribution is -0.113. The lowest BCUT2D eigenvalue weighted by Gasteiger charge is -2.32. The predicted octanol–water partition coefficient (Wildman–Crippen LogP) is 5.62. The summed E-state index contributed by atoms with van der Waals surface area (Å²) in [6.45, 7) is 4.86. The first-order valence-electron chi connectivity index (χ1n) is 9.14. The monoisotopic (exact) mass is 278 g/mol. The number of unbranched alkanes of at least 4 members (excludes halogenated alkanes) is 1. The Balaban J connectivity index is 1.62. The van der Waals surface area contributed by atoms with Crippen LogP contribution in [-0.2, 0) is 4.79 Å². The molecule has 0 amide bonds. The van der Waals surface area contributed by atoms with Crippen LogP contribution in [0.5, 0.6) is 0 Å². The van der Waals surface area contributed by atoms with Crippen LogP contribution in [0.1, 0.15) is 84.5 Å². The molecule has 2 rings (SSSR count). The lowest BCUT2D eigenvalue weighted by Crippen LogP contribution is -2.21. The number of carbonyl (C=O) groups excluding carboxylic acids is 1. The summed E-state index contributed by atoms with van der Waals surface area (Å²) < 4.78 is 0. The Hall–Kier alpha value is -0.330. The van der Waals surface area contributed by atoms with Crippen LogP contribution in [0.25, 0.3) is 0 Å². The summed E-state index contributed by atoms with van der Waals surface area (Å²) in [5.74, 6) is 3.98. The summed E-state index contributed by atoms with van der Waals surface area (Å²) in [6.07, 6.45) is 16.2. The van der Waals surface area contributed by atoms with Gasteiger partial charge in [-0.2, -0.15) is 0 Å². The van der Waals surface area contributed by atoms with Gasteiger partial charge in [0.1, 0.15) is 6.29 Å². The van der Waals surface area contributed by atoms with Gasteiger partial charge >= 0.3 is 0 Å². The fourth-order valence-corrected chi connectivity index (χ4v) is 4.96. The molecule has 2 aliphatic carbocycles. The second kappa shape index (κ2) is 8.20. The molecule has 0 radical (unpaired) electrons. The SMILES string of the molecule is CC1CC(C)CC(CCCCC2CCCCC2C=O)C1. The maximum Gasteiger partial charge on any atom is 0.123 e. The Kier molecular flexibility index (Phi) is 6.58. The molecular weight excluding hydrogens is 244 g/mol. The van der Waals surface area contributed by atoms with E-state index < -0.39 is 0 Å². The van der Waals surface area contributed by atoms with Crippen LogP contribution in [0.15, 0.2) is 0 Å². The van der Waals surface area contributed by atoms with Crippen LogP contribution in [-0.4, -0.2) is 6.29 Å². The molecule has 0 aromatic carbocycles. The highest BCUT2D eigenvalue weighted by Gasteiger charge is 2.25. The average molecular weight is 278 g/mol. The zero-order chi connectivity index (χ0) is 14.4. The minimum absolute atomic E-state index is 0.387. The highest BCUT2D eigenvalue weighted by atomic mass is 16.1. The van der Waals surface area contributed by atoms with E-state index in [1.54, 1.807) is 0 Å². The third kappa shape index (κ3) is 4.90.